The van der Waals surface area contributed by atoms with Gasteiger partial charge in [-0.25, -0.2) is 4.79 Å². The third kappa shape index (κ3) is 5.28. The first-order valence-electron chi connectivity index (χ1n) is 11.1. The molecule has 2 amide bonds. The van der Waals surface area contributed by atoms with Crippen LogP contribution in [0.25, 0.3) is 5.57 Å². The zero-order valence-corrected chi connectivity index (χ0v) is 19.8. The van der Waals surface area contributed by atoms with E-state index in [2.05, 4.69) is 5.32 Å². The van der Waals surface area contributed by atoms with Crippen LogP contribution in [0.4, 0.5) is 0 Å². The lowest BCUT2D eigenvalue weighted by Crippen LogP contribution is -2.61. The molecule has 2 aliphatic heterocycles. The molecule has 0 saturated carbocycles. The number of ether oxygens (including phenoxy) is 2. The standard InChI is InChI=1S/C24H31N3O7/c1-13(28)19-17-9-16(15-7-5-6-14(8-15)10-26-11-18(25)29)20(27(17)21(19)30)22(31)33-12-34-23(32)24(2,3)4/h5-8,13,17,19,26,28H,9-12H2,1-4H3,(H2,25,29)/t13-,17-,19-/m1/s1. The molecule has 0 bridgehead atoms. The van der Waals surface area contributed by atoms with Crippen molar-refractivity contribution in [3.8, 4) is 0 Å². The van der Waals surface area contributed by atoms with Crippen molar-refractivity contribution in [1.82, 2.24) is 10.2 Å². The molecular formula is C24H31N3O7. The molecule has 0 aromatic heterocycles. The van der Waals surface area contributed by atoms with Gasteiger partial charge in [0.05, 0.1) is 30.0 Å². The molecule has 4 N–H and O–H groups in total. The minimum absolute atomic E-state index is 0.0260. The molecule has 2 aliphatic rings. The van der Waals surface area contributed by atoms with Crippen molar-refractivity contribution in [3.05, 3.63) is 41.1 Å². The van der Waals surface area contributed by atoms with E-state index in [0.29, 0.717) is 24.1 Å². The first kappa shape index (κ1) is 25.4. The minimum atomic E-state index is -0.859. The topological polar surface area (TPSA) is 148 Å². The average Bonchev–Trinajstić information content (AvgIpc) is 3.07. The molecule has 0 unspecified atom stereocenters. The Bertz CT molecular complexity index is 1030. The number of β-lactam (4-membered cyclic amide) rings is 1. The number of aliphatic hydroxyl groups is 1. The van der Waals surface area contributed by atoms with E-state index in [9.17, 15) is 24.3 Å². The van der Waals surface area contributed by atoms with E-state index < -0.39 is 42.1 Å². The number of hydrogen-bond acceptors (Lipinski definition) is 8. The predicted molar refractivity (Wildman–Crippen MR) is 121 cm³/mol. The number of nitrogens with zero attached hydrogens (tertiary/aromatic N) is 1. The highest BCUT2D eigenvalue weighted by Gasteiger charge is 2.57. The summed E-state index contributed by atoms with van der Waals surface area (Å²) < 4.78 is 10.2. The van der Waals surface area contributed by atoms with E-state index in [-0.39, 0.29) is 24.2 Å². The van der Waals surface area contributed by atoms with Crippen molar-refractivity contribution in [1.29, 1.82) is 0 Å². The fraction of sp³-hybridized carbons (Fsp3) is 0.500. The molecule has 1 fully saturated rings. The molecule has 0 aliphatic carbocycles. The largest absolute Gasteiger partial charge is 0.427 e. The maximum absolute atomic E-state index is 13.0. The van der Waals surface area contributed by atoms with Crippen molar-refractivity contribution in [3.63, 3.8) is 0 Å². The summed E-state index contributed by atoms with van der Waals surface area (Å²) in [7, 11) is 0. The second kappa shape index (κ2) is 9.94. The predicted octanol–water partition coefficient (Wildman–Crippen LogP) is 0.674. The van der Waals surface area contributed by atoms with Gasteiger partial charge in [-0.2, -0.15) is 0 Å². The van der Waals surface area contributed by atoms with Gasteiger partial charge in [-0.05, 0) is 50.8 Å². The molecule has 0 spiro atoms. The molecule has 3 atom stereocenters. The summed E-state index contributed by atoms with van der Waals surface area (Å²) >= 11 is 0. The number of hydrogen-bond donors (Lipinski definition) is 3. The minimum Gasteiger partial charge on any atom is -0.427 e. The van der Waals surface area contributed by atoms with Crippen LogP contribution < -0.4 is 11.1 Å². The maximum atomic E-state index is 13.0. The summed E-state index contributed by atoms with van der Waals surface area (Å²) in [5.41, 5.74) is 6.66. The molecule has 34 heavy (non-hydrogen) atoms. The summed E-state index contributed by atoms with van der Waals surface area (Å²) in [6.07, 6.45) is -0.492. The Hall–Kier alpha value is -3.24. The van der Waals surface area contributed by atoms with Gasteiger partial charge in [-0.3, -0.25) is 14.4 Å². The second-order valence-electron chi connectivity index (χ2n) is 9.57. The molecule has 0 radical (unpaired) electrons. The lowest BCUT2D eigenvalue weighted by Gasteiger charge is -2.44. The monoisotopic (exact) mass is 473 g/mol. The van der Waals surface area contributed by atoms with E-state index in [4.69, 9.17) is 15.2 Å². The number of amides is 2. The van der Waals surface area contributed by atoms with Crippen LogP contribution in [-0.2, 0) is 35.2 Å². The van der Waals surface area contributed by atoms with Gasteiger partial charge >= 0.3 is 11.9 Å². The maximum Gasteiger partial charge on any atom is 0.358 e. The zero-order chi connectivity index (χ0) is 25.2. The number of aliphatic hydroxyl groups excluding tert-OH is 1. The highest BCUT2D eigenvalue weighted by molar-refractivity contribution is 6.06. The van der Waals surface area contributed by atoms with Gasteiger partial charge in [0.25, 0.3) is 0 Å². The average molecular weight is 474 g/mol. The number of primary amides is 1. The molecule has 10 nitrogen and oxygen atoms in total. The normalized spacial score (nSPS) is 20.5. The summed E-state index contributed by atoms with van der Waals surface area (Å²) in [6.45, 7) is 6.42. The number of fused-ring (bicyclic) bond motifs is 1. The van der Waals surface area contributed by atoms with Crippen molar-refractivity contribution in [2.24, 2.45) is 17.1 Å². The Morgan fingerprint density at radius 3 is 2.59 bits per heavy atom. The summed E-state index contributed by atoms with van der Waals surface area (Å²) in [5.74, 6) is -2.75. The molecule has 10 heteroatoms. The summed E-state index contributed by atoms with van der Waals surface area (Å²) in [4.78, 5) is 50.1. The molecular weight excluding hydrogens is 442 g/mol. The molecule has 2 heterocycles. The Kier molecular flexibility index (Phi) is 7.42. The van der Waals surface area contributed by atoms with Crippen LogP contribution in [0.2, 0.25) is 0 Å². The molecule has 1 saturated heterocycles. The number of nitrogens with one attached hydrogen (secondary N) is 1. The van der Waals surface area contributed by atoms with Crippen molar-refractivity contribution in [2.45, 2.75) is 52.8 Å². The number of esters is 2. The molecule has 3 rings (SSSR count). The van der Waals surface area contributed by atoms with Crippen LogP contribution in [-0.4, -0.2) is 59.2 Å². The quantitative estimate of drug-likeness (QED) is 0.269. The Labute approximate surface area is 198 Å². The van der Waals surface area contributed by atoms with Crippen LogP contribution in [0.1, 0.15) is 45.2 Å². The van der Waals surface area contributed by atoms with Gasteiger partial charge < -0.3 is 30.5 Å². The Balaban J connectivity index is 1.84. The first-order valence-corrected chi connectivity index (χ1v) is 11.1. The van der Waals surface area contributed by atoms with Gasteiger partial charge in [-0.15, -0.1) is 0 Å². The first-order chi connectivity index (χ1) is 15.9. The van der Waals surface area contributed by atoms with E-state index in [0.717, 1.165) is 5.56 Å². The van der Waals surface area contributed by atoms with Gasteiger partial charge in [0.2, 0.25) is 18.6 Å². The third-order valence-electron chi connectivity index (χ3n) is 5.82. The number of carbonyl (C=O) groups is 4. The second-order valence-corrected chi connectivity index (χ2v) is 9.57. The van der Waals surface area contributed by atoms with Crippen molar-refractivity contribution >= 4 is 29.3 Å². The van der Waals surface area contributed by atoms with E-state index in [1.807, 2.05) is 18.2 Å². The van der Waals surface area contributed by atoms with Gasteiger partial charge in [0, 0.05) is 6.54 Å². The van der Waals surface area contributed by atoms with Crippen LogP contribution in [0.5, 0.6) is 0 Å². The summed E-state index contributed by atoms with van der Waals surface area (Å²) in [5, 5.41) is 13.0. The fourth-order valence-electron chi connectivity index (χ4n) is 4.14. The van der Waals surface area contributed by atoms with Crippen LogP contribution in [0.15, 0.2) is 30.0 Å². The highest BCUT2D eigenvalue weighted by Crippen LogP contribution is 2.47. The molecule has 1 aromatic rings. The number of carbonyl (C=O) groups excluding carboxylic acids is 4. The fourth-order valence-corrected chi connectivity index (χ4v) is 4.14. The van der Waals surface area contributed by atoms with Crippen LogP contribution >= 0.6 is 0 Å². The van der Waals surface area contributed by atoms with Gasteiger partial charge in [0.15, 0.2) is 0 Å². The highest BCUT2D eigenvalue weighted by atomic mass is 16.7. The smallest absolute Gasteiger partial charge is 0.358 e. The number of rotatable bonds is 9. The Morgan fingerprint density at radius 2 is 1.97 bits per heavy atom. The SMILES string of the molecule is C[C@@H](O)[C@H]1C(=O)N2C(C(=O)OCOC(=O)C(C)(C)C)=C(c3cccc(CNCC(N)=O)c3)C[C@H]12. The van der Waals surface area contributed by atoms with E-state index >= 15 is 0 Å². The number of nitrogens with two attached hydrogens (primary N) is 1. The lowest BCUT2D eigenvalue weighted by molar-refractivity contribution is -0.175. The van der Waals surface area contributed by atoms with Crippen LogP contribution in [0.3, 0.4) is 0 Å². The van der Waals surface area contributed by atoms with Crippen molar-refractivity contribution < 1.29 is 33.8 Å². The summed E-state index contributed by atoms with van der Waals surface area (Å²) in [6, 6.07) is 6.97. The van der Waals surface area contributed by atoms with Crippen molar-refractivity contribution in [2.75, 3.05) is 13.3 Å². The van der Waals surface area contributed by atoms with E-state index in [1.165, 1.54) is 4.90 Å². The van der Waals surface area contributed by atoms with Gasteiger partial charge in [0.1, 0.15) is 5.70 Å². The zero-order valence-electron chi connectivity index (χ0n) is 19.8. The molecule has 1 aromatic carbocycles. The Morgan fingerprint density at radius 1 is 1.26 bits per heavy atom. The van der Waals surface area contributed by atoms with E-state index in [1.54, 1.807) is 33.8 Å². The third-order valence-corrected chi connectivity index (χ3v) is 5.82. The van der Waals surface area contributed by atoms with Gasteiger partial charge in [-0.1, -0.05) is 24.3 Å². The lowest BCUT2D eigenvalue weighted by atomic mass is 9.82. The number of benzene rings is 1. The molecule has 184 valence electrons. The van der Waals surface area contributed by atoms with Crippen LogP contribution in [0, 0.1) is 11.3 Å².